The number of nitrogens with zero attached hydrogens (tertiary/aromatic N) is 1. The number of imide groups is 1. The molecule has 1 saturated heterocycles. The number of aryl methyl sites for hydroxylation is 2. The maximum absolute atomic E-state index is 12.8. The number of para-hydroxylation sites is 1. The SMILES string of the molecule is Cc1cccc(C)c1NC(=O)CN1C(=O)NC(C)(c2ccccc2)C1=O. The van der Waals surface area contributed by atoms with Gasteiger partial charge in [0.15, 0.2) is 0 Å². The molecule has 4 amide bonds. The van der Waals surface area contributed by atoms with Crippen LogP contribution in [0.5, 0.6) is 0 Å². The Kier molecular flexibility index (Phi) is 4.50. The van der Waals surface area contributed by atoms with Crippen molar-refractivity contribution in [2.24, 2.45) is 0 Å². The minimum Gasteiger partial charge on any atom is -0.324 e. The van der Waals surface area contributed by atoms with E-state index in [2.05, 4.69) is 10.6 Å². The average Bonchev–Trinajstić information content (AvgIpc) is 2.83. The largest absolute Gasteiger partial charge is 0.325 e. The van der Waals surface area contributed by atoms with Crippen molar-refractivity contribution in [1.29, 1.82) is 0 Å². The fourth-order valence-electron chi connectivity index (χ4n) is 3.14. The normalized spacial score (nSPS) is 19.4. The Hall–Kier alpha value is -3.15. The quantitative estimate of drug-likeness (QED) is 0.832. The summed E-state index contributed by atoms with van der Waals surface area (Å²) in [5.74, 6) is -0.853. The lowest BCUT2D eigenvalue weighted by Crippen LogP contribution is -2.42. The molecule has 3 rings (SSSR count). The molecule has 0 bridgehead atoms. The summed E-state index contributed by atoms with van der Waals surface area (Å²) in [6, 6.07) is 14.1. The first-order valence-electron chi connectivity index (χ1n) is 8.38. The second-order valence-corrected chi connectivity index (χ2v) is 6.63. The first-order chi connectivity index (χ1) is 12.3. The van der Waals surface area contributed by atoms with E-state index in [9.17, 15) is 14.4 Å². The summed E-state index contributed by atoms with van der Waals surface area (Å²) in [5, 5.41) is 5.50. The summed E-state index contributed by atoms with van der Waals surface area (Å²) in [7, 11) is 0. The third-order valence-electron chi connectivity index (χ3n) is 4.67. The molecule has 6 nitrogen and oxygen atoms in total. The number of rotatable bonds is 4. The lowest BCUT2D eigenvalue weighted by atomic mass is 9.92. The lowest BCUT2D eigenvalue weighted by Gasteiger charge is -2.22. The molecule has 2 aromatic carbocycles. The smallest absolute Gasteiger partial charge is 0.324 e. The van der Waals surface area contributed by atoms with Crippen LogP contribution in [0, 0.1) is 13.8 Å². The fraction of sp³-hybridized carbons (Fsp3) is 0.250. The van der Waals surface area contributed by atoms with Gasteiger partial charge in [-0.3, -0.25) is 14.5 Å². The highest BCUT2D eigenvalue weighted by atomic mass is 16.2. The highest BCUT2D eigenvalue weighted by Gasteiger charge is 2.49. The molecule has 1 unspecified atom stereocenters. The molecular formula is C20H21N3O3. The van der Waals surface area contributed by atoms with Crippen LogP contribution in [0.25, 0.3) is 0 Å². The number of hydrogen-bond donors (Lipinski definition) is 2. The molecule has 1 atom stereocenters. The Balaban J connectivity index is 1.77. The van der Waals surface area contributed by atoms with Gasteiger partial charge in [0, 0.05) is 5.69 Å². The van der Waals surface area contributed by atoms with Gasteiger partial charge < -0.3 is 10.6 Å². The molecule has 26 heavy (non-hydrogen) atoms. The van der Waals surface area contributed by atoms with Crippen molar-refractivity contribution in [1.82, 2.24) is 10.2 Å². The van der Waals surface area contributed by atoms with Gasteiger partial charge in [0.1, 0.15) is 12.1 Å². The van der Waals surface area contributed by atoms with Crippen LogP contribution in [-0.2, 0) is 15.1 Å². The number of carbonyl (C=O) groups is 3. The molecule has 2 aromatic rings. The van der Waals surface area contributed by atoms with E-state index in [1.807, 2.05) is 38.1 Å². The van der Waals surface area contributed by atoms with E-state index in [1.165, 1.54) is 0 Å². The zero-order valence-electron chi connectivity index (χ0n) is 15.0. The Morgan fingerprint density at radius 3 is 2.27 bits per heavy atom. The van der Waals surface area contributed by atoms with Crippen LogP contribution in [0.4, 0.5) is 10.5 Å². The van der Waals surface area contributed by atoms with Crippen molar-refractivity contribution >= 4 is 23.5 Å². The number of carbonyl (C=O) groups excluding carboxylic acids is 3. The Morgan fingerprint density at radius 1 is 1.04 bits per heavy atom. The van der Waals surface area contributed by atoms with Crippen LogP contribution >= 0.6 is 0 Å². The van der Waals surface area contributed by atoms with Crippen molar-refractivity contribution in [3.05, 3.63) is 65.2 Å². The molecule has 0 aromatic heterocycles. The summed E-state index contributed by atoms with van der Waals surface area (Å²) >= 11 is 0. The van der Waals surface area contributed by atoms with Gasteiger partial charge in [0.25, 0.3) is 5.91 Å². The second-order valence-electron chi connectivity index (χ2n) is 6.63. The van der Waals surface area contributed by atoms with Gasteiger partial charge in [0.05, 0.1) is 0 Å². The highest BCUT2D eigenvalue weighted by molar-refractivity contribution is 6.10. The highest BCUT2D eigenvalue weighted by Crippen LogP contribution is 2.28. The number of nitrogens with one attached hydrogen (secondary N) is 2. The van der Waals surface area contributed by atoms with Crippen molar-refractivity contribution in [2.45, 2.75) is 26.3 Å². The molecule has 1 aliphatic rings. The molecule has 0 spiro atoms. The molecule has 6 heteroatoms. The third-order valence-corrected chi connectivity index (χ3v) is 4.67. The maximum Gasteiger partial charge on any atom is 0.325 e. The van der Waals surface area contributed by atoms with E-state index in [-0.39, 0.29) is 6.54 Å². The van der Waals surface area contributed by atoms with E-state index in [0.29, 0.717) is 11.3 Å². The summed E-state index contributed by atoms with van der Waals surface area (Å²) in [6.45, 7) is 5.10. The summed E-state index contributed by atoms with van der Waals surface area (Å²) in [5.41, 5.74) is 2.05. The van der Waals surface area contributed by atoms with Crippen LogP contribution in [0.1, 0.15) is 23.6 Å². The molecule has 0 saturated carbocycles. The predicted octanol–water partition coefficient (Wildman–Crippen LogP) is 2.71. The van der Waals surface area contributed by atoms with Crippen LogP contribution in [0.2, 0.25) is 0 Å². The predicted molar refractivity (Wildman–Crippen MR) is 98.6 cm³/mol. The first-order valence-corrected chi connectivity index (χ1v) is 8.38. The van der Waals surface area contributed by atoms with Crippen molar-refractivity contribution in [3.63, 3.8) is 0 Å². The van der Waals surface area contributed by atoms with Crippen LogP contribution in [-0.4, -0.2) is 29.3 Å². The standard InChI is InChI=1S/C20H21N3O3/c1-13-8-7-9-14(2)17(13)21-16(24)12-23-18(25)20(3,22-19(23)26)15-10-5-4-6-11-15/h4-11H,12H2,1-3H3,(H,21,24)(H,22,26). The van der Waals surface area contributed by atoms with Gasteiger partial charge in [-0.25, -0.2) is 4.79 Å². The van der Waals surface area contributed by atoms with E-state index in [1.54, 1.807) is 31.2 Å². The molecule has 1 fully saturated rings. The monoisotopic (exact) mass is 351 g/mol. The maximum atomic E-state index is 12.8. The molecule has 2 N–H and O–H groups in total. The molecule has 0 radical (unpaired) electrons. The Labute approximate surface area is 152 Å². The molecule has 134 valence electrons. The minimum absolute atomic E-state index is 0.332. The van der Waals surface area contributed by atoms with Gasteiger partial charge >= 0.3 is 6.03 Å². The number of benzene rings is 2. The van der Waals surface area contributed by atoms with Gasteiger partial charge in [-0.15, -0.1) is 0 Å². The molecule has 1 heterocycles. The number of urea groups is 1. The third kappa shape index (κ3) is 3.06. The zero-order chi connectivity index (χ0) is 18.9. The van der Waals surface area contributed by atoms with Gasteiger partial charge in [-0.2, -0.15) is 0 Å². The Bertz CT molecular complexity index is 859. The van der Waals surface area contributed by atoms with Crippen molar-refractivity contribution < 1.29 is 14.4 Å². The average molecular weight is 351 g/mol. The van der Waals surface area contributed by atoms with Gasteiger partial charge in [0.2, 0.25) is 5.91 Å². The van der Waals surface area contributed by atoms with Gasteiger partial charge in [-0.05, 0) is 37.5 Å². The van der Waals surface area contributed by atoms with Crippen LogP contribution in [0.3, 0.4) is 0 Å². The van der Waals surface area contributed by atoms with Crippen LogP contribution in [0.15, 0.2) is 48.5 Å². The van der Waals surface area contributed by atoms with E-state index >= 15 is 0 Å². The first kappa shape index (κ1) is 17.7. The molecular weight excluding hydrogens is 330 g/mol. The number of hydrogen-bond acceptors (Lipinski definition) is 3. The number of anilines is 1. The zero-order valence-corrected chi connectivity index (χ0v) is 15.0. The number of amides is 4. The van der Waals surface area contributed by atoms with Crippen LogP contribution < -0.4 is 10.6 Å². The fourth-order valence-corrected chi connectivity index (χ4v) is 3.14. The van der Waals surface area contributed by atoms with Gasteiger partial charge in [-0.1, -0.05) is 48.5 Å². The van der Waals surface area contributed by atoms with E-state index in [0.717, 1.165) is 16.0 Å². The molecule has 1 aliphatic heterocycles. The lowest BCUT2D eigenvalue weighted by molar-refractivity contribution is -0.133. The minimum atomic E-state index is -1.17. The summed E-state index contributed by atoms with van der Waals surface area (Å²) in [4.78, 5) is 38.5. The van der Waals surface area contributed by atoms with Crippen molar-refractivity contribution in [3.8, 4) is 0 Å². The summed E-state index contributed by atoms with van der Waals surface area (Å²) in [6.07, 6.45) is 0. The Morgan fingerprint density at radius 2 is 1.65 bits per heavy atom. The van der Waals surface area contributed by atoms with E-state index < -0.39 is 23.4 Å². The topological polar surface area (TPSA) is 78.5 Å². The van der Waals surface area contributed by atoms with E-state index in [4.69, 9.17) is 0 Å². The second kappa shape index (κ2) is 6.63. The molecule has 0 aliphatic carbocycles. The van der Waals surface area contributed by atoms with Crippen molar-refractivity contribution in [2.75, 3.05) is 11.9 Å². The summed E-state index contributed by atoms with van der Waals surface area (Å²) < 4.78 is 0.